The third kappa shape index (κ3) is 12.2. The predicted octanol–water partition coefficient (Wildman–Crippen LogP) is 7.97. The summed E-state index contributed by atoms with van der Waals surface area (Å²) in [5, 5.41) is 12.0. The van der Waals surface area contributed by atoms with E-state index in [4.69, 9.17) is 21.9 Å². The van der Waals surface area contributed by atoms with E-state index in [0.717, 1.165) is 44.3 Å². The van der Waals surface area contributed by atoms with E-state index in [-0.39, 0.29) is 36.1 Å². The number of likely N-dealkylation sites (tertiary alicyclic amines) is 1. The highest BCUT2D eigenvalue weighted by atomic mass is 79.9. The van der Waals surface area contributed by atoms with E-state index < -0.39 is 0 Å². The fourth-order valence-corrected chi connectivity index (χ4v) is 5.88. The average molecular weight is 862 g/mol. The Balaban J connectivity index is 0.000000200. The minimum absolute atomic E-state index is 0. The maximum absolute atomic E-state index is 13.2. The molecule has 0 aliphatic carbocycles. The molecule has 6 heterocycles. The van der Waals surface area contributed by atoms with Gasteiger partial charge in [-0.2, -0.15) is 9.97 Å². The van der Waals surface area contributed by atoms with Crippen LogP contribution in [0.5, 0.6) is 0 Å². The number of nitrogens with one attached hydrogen (secondary N) is 1. The molecule has 2 aliphatic rings. The molecule has 6 aromatic rings. The largest absolute Gasteiger partial charge is 0.337 e. The molecule has 58 heavy (non-hydrogen) atoms. The van der Waals surface area contributed by atoms with Crippen molar-refractivity contribution in [1.29, 1.82) is 0 Å². The summed E-state index contributed by atoms with van der Waals surface area (Å²) in [4.78, 5) is 19.8. The summed E-state index contributed by atoms with van der Waals surface area (Å²) >= 11 is 3.01. The van der Waals surface area contributed by atoms with E-state index in [2.05, 4.69) is 91.9 Å². The first-order chi connectivity index (χ1) is 27.9. The number of hydrogen-bond acceptors (Lipinski definition) is 10. The van der Waals surface area contributed by atoms with Gasteiger partial charge in [0.05, 0.1) is 24.0 Å². The molecule has 10 nitrogen and oxygen atoms in total. The van der Waals surface area contributed by atoms with Crippen LogP contribution in [0, 0.1) is 60.0 Å². The second-order valence-corrected chi connectivity index (χ2v) is 13.2. The van der Waals surface area contributed by atoms with Crippen molar-refractivity contribution in [2.24, 2.45) is 0 Å². The first-order valence-electron chi connectivity index (χ1n) is 18.0. The topological polar surface area (TPSA) is 119 Å². The van der Waals surface area contributed by atoms with Crippen LogP contribution >= 0.6 is 28.3 Å². The minimum Gasteiger partial charge on any atom is -0.337 e. The van der Waals surface area contributed by atoms with Crippen LogP contribution in [0.4, 0.5) is 8.78 Å². The Morgan fingerprint density at radius 2 is 1.28 bits per heavy atom. The minimum atomic E-state index is -0.309. The Morgan fingerprint density at radius 3 is 1.76 bits per heavy atom. The molecular formula is C44H36BrClF2N8O2. The molecule has 2 fully saturated rings. The highest BCUT2D eigenvalue weighted by molar-refractivity contribution is 9.09. The maximum Gasteiger partial charge on any atom is 0.244 e. The Kier molecular flexibility index (Phi) is 16.2. The van der Waals surface area contributed by atoms with E-state index in [1.54, 1.807) is 48.8 Å². The number of nitrogens with zero attached hydrogens (tertiary/aromatic N) is 7. The second-order valence-electron chi connectivity index (χ2n) is 12.6. The van der Waals surface area contributed by atoms with E-state index in [0.29, 0.717) is 63.4 Å². The lowest BCUT2D eigenvalue weighted by Crippen LogP contribution is -2.23. The number of aromatic nitrogens is 6. The van der Waals surface area contributed by atoms with Crippen molar-refractivity contribution in [3.05, 3.63) is 131 Å². The summed E-state index contributed by atoms with van der Waals surface area (Å²) < 4.78 is 37.1. The van der Waals surface area contributed by atoms with Gasteiger partial charge in [0.2, 0.25) is 23.4 Å². The molecular weight excluding hydrogens is 826 g/mol. The van der Waals surface area contributed by atoms with Gasteiger partial charge in [-0.25, -0.2) is 8.78 Å². The van der Waals surface area contributed by atoms with Crippen molar-refractivity contribution in [3.8, 4) is 71.4 Å². The number of benzene rings is 2. The molecule has 0 spiro atoms. The number of halogens is 4. The van der Waals surface area contributed by atoms with Crippen LogP contribution in [-0.2, 0) is 0 Å². The molecule has 0 saturated carbocycles. The molecule has 2 unspecified atom stereocenters. The van der Waals surface area contributed by atoms with Gasteiger partial charge in [0.25, 0.3) is 0 Å². The summed E-state index contributed by atoms with van der Waals surface area (Å²) in [5.74, 6) is 18.2. The third-order valence-corrected chi connectivity index (χ3v) is 8.92. The van der Waals surface area contributed by atoms with Gasteiger partial charge in [0.1, 0.15) is 23.0 Å². The van der Waals surface area contributed by atoms with E-state index in [9.17, 15) is 8.78 Å². The Labute approximate surface area is 350 Å². The predicted molar refractivity (Wildman–Crippen MR) is 222 cm³/mol. The van der Waals surface area contributed by atoms with Crippen molar-refractivity contribution in [2.45, 2.75) is 37.8 Å². The Morgan fingerprint density at radius 1 is 0.724 bits per heavy atom. The van der Waals surface area contributed by atoms with Gasteiger partial charge in [0.15, 0.2) is 0 Å². The number of rotatable bonds is 5. The summed E-state index contributed by atoms with van der Waals surface area (Å²) in [6, 6.07) is 19.8. The van der Waals surface area contributed by atoms with Crippen molar-refractivity contribution in [2.75, 3.05) is 25.0 Å². The van der Waals surface area contributed by atoms with Crippen LogP contribution in [0.3, 0.4) is 0 Å². The SMILES string of the molecule is C#CCBr.C#CCN1CCCC1c1nc(-c2ccc(C#Cc3cccc(F)c3)cn2)no1.Cl.Fc1cccc(C#Cc2ccc(-c3noc(C4CCCN4)n3)nc2)c1. The molecule has 14 heteroatoms. The molecule has 2 aliphatic heterocycles. The van der Waals surface area contributed by atoms with Crippen LogP contribution in [0.1, 0.15) is 71.8 Å². The van der Waals surface area contributed by atoms with Crippen molar-refractivity contribution < 1.29 is 17.8 Å². The van der Waals surface area contributed by atoms with Gasteiger partial charge >= 0.3 is 0 Å². The first-order valence-corrected chi connectivity index (χ1v) is 19.1. The van der Waals surface area contributed by atoms with Crippen LogP contribution in [0.15, 0.2) is 94.2 Å². The van der Waals surface area contributed by atoms with Crippen LogP contribution in [0.2, 0.25) is 0 Å². The molecule has 0 amide bonds. The molecule has 2 atom stereocenters. The lowest BCUT2D eigenvalue weighted by molar-refractivity contribution is 0.228. The zero-order valence-electron chi connectivity index (χ0n) is 31.0. The van der Waals surface area contributed by atoms with Crippen molar-refractivity contribution in [1.82, 2.24) is 40.5 Å². The molecule has 1 N–H and O–H groups in total. The number of terminal acetylenes is 2. The Bertz CT molecular complexity index is 2470. The summed E-state index contributed by atoms with van der Waals surface area (Å²) in [6.07, 6.45) is 17.6. The third-order valence-electron chi connectivity index (χ3n) is 8.60. The number of alkyl halides is 1. The van der Waals surface area contributed by atoms with Crippen molar-refractivity contribution in [3.63, 3.8) is 0 Å². The molecule has 292 valence electrons. The molecule has 0 bridgehead atoms. The zero-order chi connectivity index (χ0) is 39.8. The fraction of sp³-hybridized carbons (Fsp3) is 0.227. The average Bonchev–Trinajstić information content (AvgIpc) is 4.09. The second kappa shape index (κ2) is 21.9. The monoisotopic (exact) mass is 860 g/mol. The molecule has 2 aromatic carbocycles. The fourth-order valence-electron chi connectivity index (χ4n) is 5.88. The van der Waals surface area contributed by atoms with Crippen LogP contribution in [0.25, 0.3) is 23.0 Å². The number of pyridine rings is 2. The smallest absolute Gasteiger partial charge is 0.244 e. The Hall–Kier alpha value is -6.19. The highest BCUT2D eigenvalue weighted by Crippen LogP contribution is 2.31. The van der Waals surface area contributed by atoms with Gasteiger partial charge in [-0.05, 0) is 99.4 Å². The van der Waals surface area contributed by atoms with E-state index in [1.807, 2.05) is 12.1 Å². The van der Waals surface area contributed by atoms with Crippen LogP contribution in [-0.4, -0.2) is 60.1 Å². The first kappa shape index (κ1) is 42.9. The molecule has 0 radical (unpaired) electrons. The summed E-state index contributed by atoms with van der Waals surface area (Å²) in [6.45, 7) is 2.47. The molecule has 2 saturated heterocycles. The van der Waals surface area contributed by atoms with E-state index >= 15 is 0 Å². The van der Waals surface area contributed by atoms with Gasteiger partial charge in [-0.15, -0.1) is 25.3 Å². The van der Waals surface area contributed by atoms with Gasteiger partial charge < -0.3 is 14.4 Å². The quantitative estimate of drug-likeness (QED) is 0.135. The summed E-state index contributed by atoms with van der Waals surface area (Å²) in [5.41, 5.74) is 3.91. The lowest BCUT2D eigenvalue weighted by atomic mass is 10.2. The highest BCUT2D eigenvalue weighted by Gasteiger charge is 2.30. The van der Waals surface area contributed by atoms with E-state index in [1.165, 1.54) is 24.3 Å². The standard InChI is InChI=1S/C22H17FN4O.C19H15FN4O.C3H3Br.ClH/c1-2-12-27-13-4-7-20(27)22-25-21(26-28-22)19-11-10-17(15-24-19)9-8-16-5-3-6-18(23)14-16;20-15-4-1-3-13(11-15)6-7-14-8-9-16(22-12-14)18-23-19(25-24-18)17-5-2-10-21-17;1-2-3-4;/h1,3,5-6,10-11,14-15,20H,4,7,12-13H2;1,3-4,8-9,11-12,17,21H,2,5,10H2;1H,3H2;1H. The molecule has 4 aromatic heterocycles. The summed E-state index contributed by atoms with van der Waals surface area (Å²) in [7, 11) is 0. The molecule has 8 rings (SSSR count). The number of hydrogen-bond donors (Lipinski definition) is 1. The van der Waals surface area contributed by atoms with Gasteiger partial charge in [-0.3, -0.25) is 14.9 Å². The van der Waals surface area contributed by atoms with Crippen molar-refractivity contribution >= 4 is 28.3 Å². The zero-order valence-corrected chi connectivity index (χ0v) is 33.4. The van der Waals surface area contributed by atoms with Gasteiger partial charge in [0, 0.05) is 34.6 Å². The normalized spacial score (nSPS) is 15.3. The van der Waals surface area contributed by atoms with Gasteiger partial charge in [-0.1, -0.05) is 73.9 Å². The maximum atomic E-state index is 13.2. The van der Waals surface area contributed by atoms with Crippen LogP contribution < -0.4 is 5.32 Å². The lowest BCUT2D eigenvalue weighted by Gasteiger charge is -2.17.